The summed E-state index contributed by atoms with van der Waals surface area (Å²) < 4.78 is 0. The van der Waals surface area contributed by atoms with Crippen molar-refractivity contribution in [2.45, 2.75) is 12.8 Å². The quantitative estimate of drug-likeness (QED) is 0.707. The second-order valence-corrected chi connectivity index (χ2v) is 3.48. The molecule has 4 nitrogen and oxygen atoms in total. The number of carbonyl (C=O) groups excluding carboxylic acids is 1. The number of hydrogen-bond donors (Lipinski definition) is 2. The average Bonchev–Trinajstić information content (AvgIpc) is 2.30. The van der Waals surface area contributed by atoms with Gasteiger partial charge in [-0.15, -0.1) is 0 Å². The summed E-state index contributed by atoms with van der Waals surface area (Å²) in [4.78, 5) is 11.4. The summed E-state index contributed by atoms with van der Waals surface area (Å²) in [7, 11) is 0. The monoisotopic (exact) mass is 217 g/mol. The first-order valence-electron chi connectivity index (χ1n) is 5.22. The van der Waals surface area contributed by atoms with Crippen LogP contribution in [-0.2, 0) is 11.2 Å². The van der Waals surface area contributed by atoms with E-state index in [1.807, 2.05) is 6.07 Å². The molecule has 84 valence electrons. The van der Waals surface area contributed by atoms with Crippen molar-refractivity contribution in [1.29, 1.82) is 5.26 Å². The van der Waals surface area contributed by atoms with Gasteiger partial charge in [0, 0.05) is 6.54 Å². The van der Waals surface area contributed by atoms with Crippen LogP contribution in [0.1, 0.15) is 17.5 Å². The van der Waals surface area contributed by atoms with Crippen LogP contribution < -0.4 is 11.1 Å². The van der Waals surface area contributed by atoms with E-state index in [1.165, 1.54) is 0 Å². The molecule has 0 saturated heterocycles. The van der Waals surface area contributed by atoms with E-state index in [0.29, 0.717) is 25.1 Å². The zero-order chi connectivity index (χ0) is 11.8. The van der Waals surface area contributed by atoms with Crippen LogP contribution >= 0.6 is 0 Å². The van der Waals surface area contributed by atoms with Gasteiger partial charge in [-0.25, -0.2) is 0 Å². The first-order chi connectivity index (χ1) is 7.76. The lowest BCUT2D eigenvalue weighted by molar-refractivity contribution is -0.120. The first-order valence-corrected chi connectivity index (χ1v) is 5.22. The number of nitriles is 1. The molecule has 0 aliphatic heterocycles. The fourth-order valence-electron chi connectivity index (χ4n) is 1.27. The number of nitrogens with one attached hydrogen (secondary N) is 1. The van der Waals surface area contributed by atoms with Crippen molar-refractivity contribution in [3.63, 3.8) is 0 Å². The largest absolute Gasteiger partial charge is 0.356 e. The predicted molar refractivity (Wildman–Crippen MR) is 61.5 cm³/mol. The summed E-state index contributed by atoms with van der Waals surface area (Å²) in [5.41, 5.74) is 6.83. The van der Waals surface area contributed by atoms with Gasteiger partial charge in [0.15, 0.2) is 0 Å². The van der Waals surface area contributed by atoms with Gasteiger partial charge in [-0.1, -0.05) is 12.1 Å². The minimum Gasteiger partial charge on any atom is -0.356 e. The molecule has 0 fully saturated rings. The van der Waals surface area contributed by atoms with Crippen LogP contribution in [0.5, 0.6) is 0 Å². The van der Waals surface area contributed by atoms with Gasteiger partial charge in [0.2, 0.25) is 5.91 Å². The normalized spacial score (nSPS) is 9.50. The molecule has 0 aromatic heterocycles. The minimum atomic E-state index is -0.0156. The Bertz CT molecular complexity index is 378. The van der Waals surface area contributed by atoms with Gasteiger partial charge >= 0.3 is 0 Å². The molecule has 0 heterocycles. The van der Waals surface area contributed by atoms with Gasteiger partial charge < -0.3 is 11.1 Å². The van der Waals surface area contributed by atoms with Crippen molar-refractivity contribution in [2.24, 2.45) is 5.73 Å². The molecule has 3 N–H and O–H groups in total. The average molecular weight is 217 g/mol. The van der Waals surface area contributed by atoms with Crippen molar-refractivity contribution in [1.82, 2.24) is 5.32 Å². The molecular weight excluding hydrogens is 202 g/mol. The maximum absolute atomic E-state index is 11.4. The molecule has 0 unspecified atom stereocenters. The third-order valence-corrected chi connectivity index (χ3v) is 2.15. The van der Waals surface area contributed by atoms with Crippen molar-refractivity contribution >= 4 is 5.91 Å². The first kappa shape index (κ1) is 12.2. The molecule has 0 saturated carbocycles. The molecule has 0 radical (unpaired) electrons. The third-order valence-electron chi connectivity index (χ3n) is 2.15. The Kier molecular flexibility index (Phi) is 5.03. The van der Waals surface area contributed by atoms with Crippen LogP contribution in [0.2, 0.25) is 0 Å². The number of hydrogen-bond acceptors (Lipinski definition) is 3. The Morgan fingerprint density at radius 3 is 2.62 bits per heavy atom. The molecular formula is C12H15N3O. The number of amides is 1. The van der Waals surface area contributed by atoms with Crippen LogP contribution in [0, 0.1) is 11.3 Å². The van der Waals surface area contributed by atoms with E-state index in [4.69, 9.17) is 11.0 Å². The Morgan fingerprint density at radius 1 is 1.38 bits per heavy atom. The summed E-state index contributed by atoms with van der Waals surface area (Å²) in [6.45, 7) is 1.20. The molecule has 0 aliphatic rings. The molecule has 4 heteroatoms. The van der Waals surface area contributed by atoms with Gasteiger partial charge in [0.25, 0.3) is 0 Å². The summed E-state index contributed by atoms with van der Waals surface area (Å²) in [5, 5.41) is 11.4. The lowest BCUT2D eigenvalue weighted by Crippen LogP contribution is -2.27. The van der Waals surface area contributed by atoms with E-state index in [2.05, 4.69) is 5.32 Å². The van der Waals surface area contributed by atoms with Crippen LogP contribution in [0.3, 0.4) is 0 Å². The SMILES string of the molecule is N#Cc1ccc(CC(=O)NCCCN)cc1. The molecule has 1 amide bonds. The van der Waals surface area contributed by atoms with Gasteiger partial charge in [-0.2, -0.15) is 5.26 Å². The van der Waals surface area contributed by atoms with Crippen LogP contribution in [0.15, 0.2) is 24.3 Å². The highest BCUT2D eigenvalue weighted by Crippen LogP contribution is 2.03. The van der Waals surface area contributed by atoms with E-state index >= 15 is 0 Å². The second kappa shape index (κ2) is 6.59. The molecule has 0 aliphatic carbocycles. The lowest BCUT2D eigenvalue weighted by Gasteiger charge is -2.04. The van der Waals surface area contributed by atoms with Crippen LogP contribution in [-0.4, -0.2) is 19.0 Å². The van der Waals surface area contributed by atoms with E-state index in [9.17, 15) is 4.79 Å². The number of rotatable bonds is 5. The number of benzene rings is 1. The Labute approximate surface area is 95.1 Å². The van der Waals surface area contributed by atoms with Crippen molar-refractivity contribution in [3.8, 4) is 6.07 Å². The van der Waals surface area contributed by atoms with Gasteiger partial charge in [0.05, 0.1) is 18.1 Å². The van der Waals surface area contributed by atoms with Crippen LogP contribution in [0.25, 0.3) is 0 Å². The number of carbonyl (C=O) groups is 1. The standard InChI is InChI=1S/C12H15N3O/c13-6-1-7-15-12(16)8-10-2-4-11(9-14)5-3-10/h2-5H,1,6-8,13H2,(H,15,16). The highest BCUT2D eigenvalue weighted by molar-refractivity contribution is 5.78. The Balaban J connectivity index is 2.41. The zero-order valence-corrected chi connectivity index (χ0v) is 9.07. The zero-order valence-electron chi connectivity index (χ0n) is 9.07. The third kappa shape index (κ3) is 4.11. The van der Waals surface area contributed by atoms with Gasteiger partial charge in [0.1, 0.15) is 0 Å². The fraction of sp³-hybridized carbons (Fsp3) is 0.333. The predicted octanol–water partition coefficient (Wildman–Crippen LogP) is 0.566. The second-order valence-electron chi connectivity index (χ2n) is 3.48. The smallest absolute Gasteiger partial charge is 0.224 e. The summed E-state index contributed by atoms with van der Waals surface area (Å²) >= 11 is 0. The van der Waals surface area contributed by atoms with Gasteiger partial charge in [-0.05, 0) is 30.7 Å². The Morgan fingerprint density at radius 2 is 2.06 bits per heavy atom. The highest BCUT2D eigenvalue weighted by Gasteiger charge is 2.02. The van der Waals surface area contributed by atoms with Crippen molar-refractivity contribution in [3.05, 3.63) is 35.4 Å². The molecule has 1 rings (SSSR count). The van der Waals surface area contributed by atoms with Crippen molar-refractivity contribution < 1.29 is 4.79 Å². The number of nitrogens with zero attached hydrogens (tertiary/aromatic N) is 1. The van der Waals surface area contributed by atoms with Gasteiger partial charge in [-0.3, -0.25) is 4.79 Å². The molecule has 0 bridgehead atoms. The van der Waals surface area contributed by atoms with Crippen LogP contribution in [0.4, 0.5) is 0 Å². The van der Waals surface area contributed by atoms with Crippen molar-refractivity contribution in [2.75, 3.05) is 13.1 Å². The maximum atomic E-state index is 11.4. The summed E-state index contributed by atoms with van der Waals surface area (Å²) in [5.74, 6) is -0.0156. The van der Waals surface area contributed by atoms with E-state index in [1.54, 1.807) is 24.3 Å². The van der Waals surface area contributed by atoms with E-state index in [-0.39, 0.29) is 5.91 Å². The molecule has 16 heavy (non-hydrogen) atoms. The fourth-order valence-corrected chi connectivity index (χ4v) is 1.27. The van der Waals surface area contributed by atoms with E-state index in [0.717, 1.165) is 12.0 Å². The maximum Gasteiger partial charge on any atom is 0.224 e. The van der Waals surface area contributed by atoms with E-state index < -0.39 is 0 Å². The Hall–Kier alpha value is -1.86. The summed E-state index contributed by atoms with van der Waals surface area (Å²) in [6.07, 6.45) is 1.13. The lowest BCUT2D eigenvalue weighted by atomic mass is 10.1. The number of nitrogens with two attached hydrogens (primary N) is 1. The summed E-state index contributed by atoms with van der Waals surface area (Å²) in [6, 6.07) is 9.04. The minimum absolute atomic E-state index is 0.0156. The highest BCUT2D eigenvalue weighted by atomic mass is 16.1. The molecule has 1 aromatic rings. The molecule has 0 spiro atoms. The molecule has 1 aromatic carbocycles. The molecule has 0 atom stereocenters. The topological polar surface area (TPSA) is 78.9 Å².